The Labute approximate surface area is 216 Å². The highest BCUT2D eigenvalue weighted by Gasteiger charge is 2.23. The van der Waals surface area contributed by atoms with Crippen LogP contribution in [-0.2, 0) is 16.1 Å². The van der Waals surface area contributed by atoms with Gasteiger partial charge in [-0.25, -0.2) is 9.78 Å². The van der Waals surface area contributed by atoms with Gasteiger partial charge < -0.3 is 14.8 Å². The van der Waals surface area contributed by atoms with E-state index in [0.29, 0.717) is 27.4 Å². The first-order chi connectivity index (χ1) is 17.2. The Morgan fingerprint density at radius 3 is 2.42 bits per heavy atom. The molecule has 4 aromatic rings. The number of nitrogens with zero attached hydrogens (tertiary/aromatic N) is 2. The van der Waals surface area contributed by atoms with Gasteiger partial charge in [-0.15, -0.1) is 22.7 Å². The number of aromatic nitrogens is 2. The van der Waals surface area contributed by atoms with Crippen LogP contribution < -0.4 is 15.6 Å². The molecule has 0 spiro atoms. The molecule has 0 aliphatic heterocycles. The second kappa shape index (κ2) is 10.6. The van der Waals surface area contributed by atoms with E-state index >= 15 is 0 Å². The molecule has 1 aromatic carbocycles. The first-order valence-electron chi connectivity index (χ1n) is 11.5. The monoisotopic (exact) mass is 525 g/mol. The molecule has 1 N–H and O–H groups in total. The van der Waals surface area contributed by atoms with Crippen LogP contribution in [0.4, 0.5) is 5.00 Å². The molecule has 0 aliphatic carbocycles. The smallest absolute Gasteiger partial charge is 0.341 e. The Hall–Kier alpha value is -3.50. The number of benzene rings is 1. The van der Waals surface area contributed by atoms with Gasteiger partial charge in [0.1, 0.15) is 22.1 Å². The van der Waals surface area contributed by atoms with Crippen molar-refractivity contribution < 1.29 is 19.1 Å². The zero-order valence-corrected chi connectivity index (χ0v) is 22.4. The van der Waals surface area contributed by atoms with Crippen LogP contribution in [-0.4, -0.2) is 34.6 Å². The highest BCUT2D eigenvalue weighted by Crippen LogP contribution is 2.36. The molecule has 3 heterocycles. The standard InChI is InChI=1S/C26H27N3O5S2/c1-6-33-18-10-8-17(9-11-18)21-16(5)36-23-22(21)25(31)29(13-27-23)12-19(30)28-24-20(26(32)34-7-2)14(3)15(4)35-24/h8-11,13H,6-7,12H2,1-5H3,(H,28,30). The van der Waals surface area contributed by atoms with Gasteiger partial charge in [0.2, 0.25) is 5.91 Å². The normalized spacial score (nSPS) is 11.0. The fourth-order valence-corrected chi connectivity index (χ4v) is 6.04. The van der Waals surface area contributed by atoms with E-state index in [9.17, 15) is 14.4 Å². The molecule has 3 aromatic heterocycles. The van der Waals surface area contributed by atoms with E-state index in [4.69, 9.17) is 9.47 Å². The number of hydrogen-bond acceptors (Lipinski definition) is 8. The lowest BCUT2D eigenvalue weighted by molar-refractivity contribution is -0.116. The van der Waals surface area contributed by atoms with Crippen molar-refractivity contribution >= 4 is 49.8 Å². The minimum atomic E-state index is -0.483. The van der Waals surface area contributed by atoms with Gasteiger partial charge in [0, 0.05) is 15.3 Å². The van der Waals surface area contributed by atoms with Crippen LogP contribution in [0.1, 0.15) is 39.5 Å². The topological polar surface area (TPSA) is 99.5 Å². The molecule has 4 rings (SSSR count). The number of aryl methyl sites for hydroxylation is 2. The summed E-state index contributed by atoms with van der Waals surface area (Å²) in [6.45, 7) is 9.87. The molecule has 36 heavy (non-hydrogen) atoms. The average molecular weight is 526 g/mol. The maximum atomic E-state index is 13.5. The summed E-state index contributed by atoms with van der Waals surface area (Å²) < 4.78 is 12.0. The van der Waals surface area contributed by atoms with Gasteiger partial charge in [-0.2, -0.15) is 0 Å². The van der Waals surface area contributed by atoms with E-state index < -0.39 is 11.9 Å². The number of carbonyl (C=O) groups is 2. The molecule has 0 aliphatic rings. The zero-order valence-electron chi connectivity index (χ0n) is 20.8. The molecule has 10 heteroatoms. The van der Waals surface area contributed by atoms with Crippen LogP contribution in [0.15, 0.2) is 35.4 Å². The highest BCUT2D eigenvalue weighted by molar-refractivity contribution is 7.19. The maximum absolute atomic E-state index is 13.5. The first-order valence-corrected chi connectivity index (χ1v) is 13.2. The van der Waals surface area contributed by atoms with E-state index in [0.717, 1.165) is 32.2 Å². The van der Waals surface area contributed by atoms with E-state index in [1.807, 2.05) is 52.0 Å². The van der Waals surface area contributed by atoms with Crippen LogP contribution in [0, 0.1) is 20.8 Å². The van der Waals surface area contributed by atoms with Gasteiger partial charge in [-0.05, 0) is 57.9 Å². The Morgan fingerprint density at radius 2 is 1.75 bits per heavy atom. The highest BCUT2D eigenvalue weighted by atomic mass is 32.1. The van der Waals surface area contributed by atoms with Crippen molar-refractivity contribution in [3.05, 3.63) is 61.8 Å². The molecule has 1 amide bonds. The molecule has 8 nitrogen and oxygen atoms in total. The van der Waals surface area contributed by atoms with Crippen LogP contribution in [0.25, 0.3) is 21.3 Å². The average Bonchev–Trinajstić information content (AvgIpc) is 3.32. The maximum Gasteiger partial charge on any atom is 0.341 e. The summed E-state index contributed by atoms with van der Waals surface area (Å²) in [5.74, 6) is -0.157. The quantitative estimate of drug-likeness (QED) is 0.312. The number of carbonyl (C=O) groups excluding carboxylic acids is 2. The van der Waals surface area contributed by atoms with Gasteiger partial charge in [0.25, 0.3) is 5.56 Å². The summed E-state index contributed by atoms with van der Waals surface area (Å²) in [5.41, 5.74) is 2.50. The lowest BCUT2D eigenvalue weighted by atomic mass is 10.0. The van der Waals surface area contributed by atoms with E-state index in [1.165, 1.54) is 33.6 Å². The molecular weight excluding hydrogens is 498 g/mol. The minimum absolute atomic E-state index is 0.235. The lowest BCUT2D eigenvalue weighted by Gasteiger charge is -2.09. The van der Waals surface area contributed by atoms with Crippen LogP contribution in [0.2, 0.25) is 0 Å². The minimum Gasteiger partial charge on any atom is -0.494 e. The molecule has 0 bridgehead atoms. The molecular formula is C26H27N3O5S2. The van der Waals surface area contributed by atoms with Gasteiger partial charge in [0.05, 0.1) is 30.5 Å². The van der Waals surface area contributed by atoms with Crippen LogP contribution in [0.5, 0.6) is 5.75 Å². The molecule has 0 atom stereocenters. The fraction of sp³-hybridized carbons (Fsp3) is 0.308. The van der Waals surface area contributed by atoms with Crippen molar-refractivity contribution in [2.24, 2.45) is 0 Å². The summed E-state index contributed by atoms with van der Waals surface area (Å²) in [7, 11) is 0. The van der Waals surface area contributed by atoms with E-state index in [1.54, 1.807) is 6.92 Å². The number of esters is 1. The van der Waals surface area contributed by atoms with Gasteiger partial charge in [-0.3, -0.25) is 14.2 Å². The molecule has 0 radical (unpaired) electrons. The molecule has 0 unspecified atom stereocenters. The predicted octanol–water partition coefficient (Wildman–Crippen LogP) is 5.33. The number of hydrogen-bond donors (Lipinski definition) is 1. The molecule has 0 fully saturated rings. The first kappa shape index (κ1) is 25.6. The lowest BCUT2D eigenvalue weighted by Crippen LogP contribution is -2.28. The Morgan fingerprint density at radius 1 is 1.03 bits per heavy atom. The number of rotatable bonds is 8. The van der Waals surface area contributed by atoms with Crippen LogP contribution in [0.3, 0.4) is 0 Å². The van der Waals surface area contributed by atoms with Crippen molar-refractivity contribution in [2.75, 3.05) is 18.5 Å². The molecule has 0 saturated heterocycles. The van der Waals surface area contributed by atoms with Gasteiger partial charge in [0.15, 0.2) is 0 Å². The Kier molecular flexibility index (Phi) is 7.56. The zero-order chi connectivity index (χ0) is 26.0. The number of thiophene rings is 2. The van der Waals surface area contributed by atoms with Crippen molar-refractivity contribution in [3.8, 4) is 16.9 Å². The van der Waals surface area contributed by atoms with Crippen molar-refractivity contribution in [1.82, 2.24) is 9.55 Å². The largest absolute Gasteiger partial charge is 0.494 e. The fourth-order valence-electron chi connectivity index (χ4n) is 3.97. The second-order valence-corrected chi connectivity index (χ2v) is 10.5. The van der Waals surface area contributed by atoms with Crippen LogP contribution >= 0.6 is 22.7 Å². The predicted molar refractivity (Wildman–Crippen MR) is 144 cm³/mol. The summed E-state index contributed by atoms with van der Waals surface area (Å²) in [6, 6.07) is 7.58. The van der Waals surface area contributed by atoms with E-state index in [2.05, 4.69) is 10.3 Å². The van der Waals surface area contributed by atoms with E-state index in [-0.39, 0.29) is 18.7 Å². The SMILES string of the molecule is CCOC(=O)c1c(NC(=O)Cn2cnc3sc(C)c(-c4ccc(OCC)cc4)c3c2=O)sc(C)c1C. The summed E-state index contributed by atoms with van der Waals surface area (Å²) in [4.78, 5) is 45.8. The third-order valence-corrected chi connectivity index (χ3v) is 7.88. The second-order valence-electron chi connectivity index (χ2n) is 8.10. The van der Waals surface area contributed by atoms with Crippen molar-refractivity contribution in [1.29, 1.82) is 0 Å². The number of nitrogens with one attached hydrogen (secondary N) is 1. The van der Waals surface area contributed by atoms with Gasteiger partial charge in [-0.1, -0.05) is 12.1 Å². The summed E-state index contributed by atoms with van der Waals surface area (Å²) in [5, 5.41) is 3.68. The third-order valence-electron chi connectivity index (χ3n) is 5.74. The Balaban J connectivity index is 1.65. The van der Waals surface area contributed by atoms with Gasteiger partial charge >= 0.3 is 5.97 Å². The number of anilines is 1. The number of ether oxygens (including phenoxy) is 2. The summed E-state index contributed by atoms with van der Waals surface area (Å²) >= 11 is 2.74. The molecule has 0 saturated carbocycles. The molecule has 188 valence electrons. The number of fused-ring (bicyclic) bond motifs is 1. The third kappa shape index (κ3) is 4.91. The Bertz CT molecular complexity index is 1500. The number of amides is 1. The van der Waals surface area contributed by atoms with Crippen molar-refractivity contribution in [3.63, 3.8) is 0 Å². The summed E-state index contributed by atoms with van der Waals surface area (Å²) in [6.07, 6.45) is 1.39. The van der Waals surface area contributed by atoms with Crippen molar-refractivity contribution in [2.45, 2.75) is 41.2 Å².